The maximum absolute atomic E-state index is 13.0. The molecule has 0 aromatic heterocycles. The predicted molar refractivity (Wildman–Crippen MR) is 122 cm³/mol. The smallest absolute Gasteiger partial charge is 0.254 e. The molecule has 0 N–H and O–H groups in total. The molecular weight excluding hydrogens is 388 g/mol. The van der Waals surface area contributed by atoms with E-state index in [-0.39, 0.29) is 11.8 Å². The zero-order valence-corrected chi connectivity index (χ0v) is 18.2. The minimum atomic E-state index is -0.0358. The van der Waals surface area contributed by atoms with Crippen LogP contribution in [0.3, 0.4) is 0 Å². The molecule has 2 amide bonds. The van der Waals surface area contributed by atoms with Gasteiger partial charge in [-0.05, 0) is 54.4 Å². The highest BCUT2D eigenvalue weighted by Crippen LogP contribution is 2.15. The van der Waals surface area contributed by atoms with Crippen LogP contribution in [0.2, 0.25) is 0 Å². The summed E-state index contributed by atoms with van der Waals surface area (Å²) in [5.74, 6) is 0.760. The highest BCUT2D eigenvalue weighted by atomic mass is 16.5. The number of benzene rings is 3. The molecule has 0 unspecified atom stereocenters. The molecule has 3 aromatic rings. The molecule has 3 rings (SSSR count). The average molecular weight is 417 g/mol. The van der Waals surface area contributed by atoms with Crippen LogP contribution < -0.4 is 4.74 Å². The van der Waals surface area contributed by atoms with Crippen LogP contribution in [0.25, 0.3) is 0 Å². The molecule has 3 aromatic carbocycles. The van der Waals surface area contributed by atoms with Gasteiger partial charge in [0.2, 0.25) is 0 Å². The number of ether oxygens (including phenoxy) is 1. The minimum Gasteiger partial charge on any atom is -0.489 e. The molecular formula is C26H28N2O3. The van der Waals surface area contributed by atoms with E-state index in [1.807, 2.05) is 73.7 Å². The van der Waals surface area contributed by atoms with Crippen LogP contribution in [-0.2, 0) is 13.2 Å². The van der Waals surface area contributed by atoms with Gasteiger partial charge in [-0.3, -0.25) is 9.59 Å². The van der Waals surface area contributed by atoms with E-state index in [9.17, 15) is 9.59 Å². The fourth-order valence-electron chi connectivity index (χ4n) is 3.17. The Bertz CT molecular complexity index is 997. The second-order valence-corrected chi connectivity index (χ2v) is 7.51. The van der Waals surface area contributed by atoms with Gasteiger partial charge in [0.05, 0.1) is 0 Å². The number of carbonyl (C=O) groups is 2. The Balaban J connectivity index is 1.61. The summed E-state index contributed by atoms with van der Waals surface area (Å²) in [4.78, 5) is 28.3. The van der Waals surface area contributed by atoms with Crippen molar-refractivity contribution in [1.29, 1.82) is 0 Å². The fourth-order valence-corrected chi connectivity index (χ4v) is 3.17. The van der Waals surface area contributed by atoms with Crippen LogP contribution in [0.4, 0.5) is 0 Å². The molecule has 5 heteroatoms. The molecule has 0 aliphatic carbocycles. The summed E-state index contributed by atoms with van der Waals surface area (Å²) in [6.07, 6.45) is 0. The van der Waals surface area contributed by atoms with Gasteiger partial charge < -0.3 is 14.5 Å². The first kappa shape index (κ1) is 22.1. The third kappa shape index (κ3) is 5.95. The summed E-state index contributed by atoms with van der Waals surface area (Å²) in [5.41, 5.74) is 3.27. The third-order valence-corrected chi connectivity index (χ3v) is 5.00. The number of para-hydroxylation sites is 1. The molecule has 0 heterocycles. The van der Waals surface area contributed by atoms with Gasteiger partial charge in [-0.1, -0.05) is 42.5 Å². The Kier molecular flexibility index (Phi) is 7.44. The predicted octanol–water partition coefficient (Wildman–Crippen LogP) is 4.63. The van der Waals surface area contributed by atoms with Gasteiger partial charge >= 0.3 is 0 Å². The van der Waals surface area contributed by atoms with Crippen LogP contribution in [0.1, 0.15) is 38.8 Å². The van der Waals surface area contributed by atoms with E-state index < -0.39 is 0 Å². The van der Waals surface area contributed by atoms with Crippen LogP contribution in [0.15, 0.2) is 78.9 Å². The maximum Gasteiger partial charge on any atom is 0.254 e. The van der Waals surface area contributed by atoms with Crippen LogP contribution >= 0.6 is 0 Å². The monoisotopic (exact) mass is 416 g/mol. The molecule has 0 radical (unpaired) electrons. The van der Waals surface area contributed by atoms with E-state index in [0.29, 0.717) is 30.8 Å². The summed E-state index contributed by atoms with van der Waals surface area (Å²) in [6, 6.07) is 24.6. The lowest BCUT2D eigenvalue weighted by Gasteiger charge is -2.21. The van der Waals surface area contributed by atoms with Gasteiger partial charge in [-0.2, -0.15) is 0 Å². The molecule has 0 fully saturated rings. The maximum atomic E-state index is 13.0. The van der Waals surface area contributed by atoms with Gasteiger partial charge in [-0.25, -0.2) is 0 Å². The summed E-state index contributed by atoms with van der Waals surface area (Å²) >= 11 is 0. The largest absolute Gasteiger partial charge is 0.489 e. The zero-order valence-electron chi connectivity index (χ0n) is 18.2. The Labute approximate surface area is 183 Å². The van der Waals surface area contributed by atoms with Crippen molar-refractivity contribution in [1.82, 2.24) is 9.80 Å². The van der Waals surface area contributed by atoms with Crippen molar-refractivity contribution >= 4 is 11.8 Å². The highest BCUT2D eigenvalue weighted by Gasteiger charge is 2.15. The number of hydrogen-bond donors (Lipinski definition) is 0. The van der Waals surface area contributed by atoms with E-state index in [4.69, 9.17) is 4.74 Å². The number of amides is 2. The normalized spacial score (nSPS) is 10.4. The molecule has 0 aliphatic rings. The van der Waals surface area contributed by atoms with Crippen molar-refractivity contribution in [2.75, 3.05) is 20.6 Å². The number of rotatable bonds is 8. The van der Waals surface area contributed by atoms with Gasteiger partial charge in [0.15, 0.2) is 0 Å². The Morgan fingerprint density at radius 1 is 0.742 bits per heavy atom. The fraction of sp³-hybridized carbons (Fsp3) is 0.231. The third-order valence-electron chi connectivity index (χ3n) is 5.00. The molecule has 0 aliphatic heterocycles. The first-order chi connectivity index (χ1) is 15.0. The van der Waals surface area contributed by atoms with E-state index in [1.54, 1.807) is 36.0 Å². The van der Waals surface area contributed by atoms with Crippen LogP contribution in [-0.4, -0.2) is 42.3 Å². The molecule has 0 atom stereocenters. The van der Waals surface area contributed by atoms with Crippen molar-refractivity contribution in [2.24, 2.45) is 0 Å². The second kappa shape index (κ2) is 10.4. The lowest BCUT2D eigenvalue weighted by molar-refractivity contribution is 0.0751. The standard InChI is InChI=1S/C26H28N2O3/c1-4-28(18-20-10-14-22(15-11-20)25(29)27(2)3)26(30)23-16-12-21(13-17-23)19-31-24-8-6-5-7-9-24/h5-17H,4,18-19H2,1-3H3. The molecule has 160 valence electrons. The average Bonchev–Trinajstić information content (AvgIpc) is 2.81. The molecule has 0 saturated carbocycles. The summed E-state index contributed by atoms with van der Waals surface area (Å²) in [6.45, 7) is 3.50. The Morgan fingerprint density at radius 2 is 1.29 bits per heavy atom. The topological polar surface area (TPSA) is 49.9 Å². The van der Waals surface area contributed by atoms with E-state index in [1.165, 1.54) is 0 Å². The number of nitrogens with zero attached hydrogens (tertiary/aromatic N) is 2. The van der Waals surface area contributed by atoms with Gasteiger partial charge in [-0.15, -0.1) is 0 Å². The Hall–Kier alpha value is -3.60. The molecule has 31 heavy (non-hydrogen) atoms. The summed E-state index contributed by atoms with van der Waals surface area (Å²) in [5, 5.41) is 0. The van der Waals surface area contributed by atoms with Crippen molar-refractivity contribution in [3.8, 4) is 5.75 Å². The first-order valence-corrected chi connectivity index (χ1v) is 10.3. The second-order valence-electron chi connectivity index (χ2n) is 7.51. The first-order valence-electron chi connectivity index (χ1n) is 10.3. The van der Waals surface area contributed by atoms with Crippen LogP contribution in [0, 0.1) is 0 Å². The number of carbonyl (C=O) groups excluding carboxylic acids is 2. The molecule has 5 nitrogen and oxygen atoms in total. The zero-order chi connectivity index (χ0) is 22.2. The number of hydrogen-bond acceptors (Lipinski definition) is 3. The van der Waals surface area contributed by atoms with Crippen molar-refractivity contribution < 1.29 is 14.3 Å². The lowest BCUT2D eigenvalue weighted by atomic mass is 10.1. The lowest BCUT2D eigenvalue weighted by Crippen LogP contribution is -2.30. The molecule has 0 saturated heterocycles. The van der Waals surface area contributed by atoms with Gasteiger partial charge in [0.25, 0.3) is 11.8 Å². The van der Waals surface area contributed by atoms with Crippen molar-refractivity contribution in [3.63, 3.8) is 0 Å². The van der Waals surface area contributed by atoms with Crippen LogP contribution in [0.5, 0.6) is 5.75 Å². The van der Waals surface area contributed by atoms with Gasteiger partial charge in [0, 0.05) is 38.3 Å². The highest BCUT2D eigenvalue weighted by molar-refractivity contribution is 5.94. The molecule has 0 bridgehead atoms. The van der Waals surface area contributed by atoms with Gasteiger partial charge in [0.1, 0.15) is 12.4 Å². The van der Waals surface area contributed by atoms with E-state index >= 15 is 0 Å². The minimum absolute atomic E-state index is 0.0218. The Morgan fingerprint density at radius 3 is 1.84 bits per heavy atom. The van der Waals surface area contributed by atoms with E-state index in [2.05, 4.69) is 0 Å². The van der Waals surface area contributed by atoms with E-state index in [0.717, 1.165) is 16.9 Å². The SMILES string of the molecule is CCN(Cc1ccc(C(=O)N(C)C)cc1)C(=O)c1ccc(COc2ccccc2)cc1. The summed E-state index contributed by atoms with van der Waals surface area (Å²) in [7, 11) is 3.46. The molecule has 0 spiro atoms. The summed E-state index contributed by atoms with van der Waals surface area (Å²) < 4.78 is 5.76. The van der Waals surface area contributed by atoms with Crippen molar-refractivity contribution in [2.45, 2.75) is 20.1 Å². The quantitative estimate of drug-likeness (QED) is 0.538. The van der Waals surface area contributed by atoms with Crippen molar-refractivity contribution in [3.05, 3.63) is 101 Å².